The molecule has 0 aliphatic heterocycles. The summed E-state index contributed by atoms with van der Waals surface area (Å²) >= 11 is 0. The van der Waals surface area contributed by atoms with Crippen molar-refractivity contribution in [3.8, 4) is 0 Å². The summed E-state index contributed by atoms with van der Waals surface area (Å²) in [5, 5.41) is 2.45. The molecule has 0 fully saturated rings. The van der Waals surface area contributed by atoms with E-state index < -0.39 is 17.6 Å². The zero-order chi connectivity index (χ0) is 15.5. The van der Waals surface area contributed by atoms with E-state index in [4.69, 9.17) is 5.84 Å². The molecule has 0 atom stereocenters. The van der Waals surface area contributed by atoms with E-state index in [9.17, 15) is 18.0 Å². The molecule has 0 spiro atoms. The van der Waals surface area contributed by atoms with E-state index in [1.165, 1.54) is 12.4 Å². The standard InChI is InChI=1S/C13H11F3N4O/c14-13(15,16)8-3-4-11(20-17)10(6-8)12(21)19-9-2-1-5-18-7-9/h1-7,20H,17H2,(H,19,21). The number of halogens is 3. The number of hydrogen-bond acceptors (Lipinski definition) is 4. The van der Waals surface area contributed by atoms with E-state index in [0.29, 0.717) is 5.69 Å². The maximum absolute atomic E-state index is 12.7. The van der Waals surface area contributed by atoms with Gasteiger partial charge in [0.25, 0.3) is 5.91 Å². The molecule has 0 radical (unpaired) electrons. The lowest BCUT2D eigenvalue weighted by atomic mass is 10.1. The highest BCUT2D eigenvalue weighted by atomic mass is 19.4. The van der Waals surface area contributed by atoms with Crippen molar-refractivity contribution < 1.29 is 18.0 Å². The molecule has 5 nitrogen and oxygen atoms in total. The summed E-state index contributed by atoms with van der Waals surface area (Å²) < 4.78 is 38.1. The molecule has 2 aromatic rings. The van der Waals surface area contributed by atoms with Crippen LogP contribution < -0.4 is 16.6 Å². The number of nitrogens with zero attached hydrogens (tertiary/aromatic N) is 1. The summed E-state index contributed by atoms with van der Waals surface area (Å²) in [5.74, 6) is 4.50. The highest BCUT2D eigenvalue weighted by Gasteiger charge is 2.31. The lowest BCUT2D eigenvalue weighted by Crippen LogP contribution is -2.19. The number of hydrazine groups is 1. The molecule has 1 aromatic carbocycles. The van der Waals surface area contributed by atoms with E-state index in [1.54, 1.807) is 12.1 Å². The van der Waals surface area contributed by atoms with Crippen molar-refractivity contribution >= 4 is 17.3 Å². The lowest BCUT2D eigenvalue weighted by Gasteiger charge is -2.13. The normalized spacial score (nSPS) is 11.0. The molecule has 4 N–H and O–H groups in total. The van der Waals surface area contributed by atoms with Gasteiger partial charge in [-0.1, -0.05) is 0 Å². The van der Waals surface area contributed by atoms with Crippen LogP contribution in [0.25, 0.3) is 0 Å². The van der Waals surface area contributed by atoms with Crippen LogP contribution in [-0.2, 0) is 6.18 Å². The topological polar surface area (TPSA) is 80.0 Å². The Morgan fingerprint density at radius 1 is 1.24 bits per heavy atom. The third-order valence-corrected chi connectivity index (χ3v) is 2.67. The number of alkyl halides is 3. The first kappa shape index (κ1) is 14.8. The number of nitrogens with two attached hydrogens (primary N) is 1. The summed E-state index contributed by atoms with van der Waals surface area (Å²) in [7, 11) is 0. The number of nitrogens with one attached hydrogen (secondary N) is 2. The van der Waals surface area contributed by atoms with Crippen molar-refractivity contribution in [2.24, 2.45) is 5.84 Å². The number of benzene rings is 1. The molecule has 0 saturated heterocycles. The Bertz CT molecular complexity index is 644. The fraction of sp³-hybridized carbons (Fsp3) is 0.0769. The zero-order valence-corrected chi connectivity index (χ0v) is 10.6. The van der Waals surface area contributed by atoms with Gasteiger partial charge in [0, 0.05) is 6.20 Å². The van der Waals surface area contributed by atoms with E-state index in [2.05, 4.69) is 15.7 Å². The van der Waals surface area contributed by atoms with Gasteiger partial charge in [-0.25, -0.2) is 0 Å². The summed E-state index contributed by atoms with van der Waals surface area (Å²) in [6.07, 6.45) is -1.66. The number of nitrogen functional groups attached to an aromatic ring is 1. The first-order valence-electron chi connectivity index (χ1n) is 5.81. The number of carbonyl (C=O) groups excluding carboxylic acids is 1. The third-order valence-electron chi connectivity index (χ3n) is 2.67. The van der Waals surface area contributed by atoms with Crippen LogP contribution in [0.2, 0.25) is 0 Å². The molecule has 8 heteroatoms. The average Bonchev–Trinajstić information content (AvgIpc) is 2.46. The number of anilines is 2. The molecule has 21 heavy (non-hydrogen) atoms. The molecule has 0 aliphatic carbocycles. The Morgan fingerprint density at radius 3 is 2.57 bits per heavy atom. The maximum Gasteiger partial charge on any atom is 0.416 e. The number of carbonyl (C=O) groups is 1. The van der Waals surface area contributed by atoms with Crippen LogP contribution in [0.3, 0.4) is 0 Å². The zero-order valence-electron chi connectivity index (χ0n) is 10.6. The number of amides is 1. The van der Waals surface area contributed by atoms with Gasteiger partial charge in [0.15, 0.2) is 0 Å². The molecule has 0 bridgehead atoms. The molecule has 110 valence electrons. The second-order valence-corrected chi connectivity index (χ2v) is 4.10. The Labute approximate surface area is 118 Å². The summed E-state index contributed by atoms with van der Waals surface area (Å²) in [4.78, 5) is 15.9. The van der Waals surface area contributed by atoms with Crippen LogP contribution in [-0.4, -0.2) is 10.9 Å². The summed E-state index contributed by atoms with van der Waals surface area (Å²) in [6, 6.07) is 5.83. The Kier molecular flexibility index (Phi) is 4.08. The number of rotatable bonds is 3. The molecule has 2 rings (SSSR count). The van der Waals surface area contributed by atoms with Gasteiger partial charge in [0.1, 0.15) is 0 Å². The molecular weight excluding hydrogens is 285 g/mol. The van der Waals surface area contributed by atoms with Crippen LogP contribution in [0.1, 0.15) is 15.9 Å². The van der Waals surface area contributed by atoms with Crippen LogP contribution in [0, 0.1) is 0 Å². The number of aromatic nitrogens is 1. The predicted octanol–water partition coefficient (Wildman–Crippen LogP) is 2.64. The van der Waals surface area contributed by atoms with Gasteiger partial charge in [-0.3, -0.25) is 15.6 Å². The SMILES string of the molecule is NNc1ccc(C(F)(F)F)cc1C(=O)Nc1cccnc1. The van der Waals surface area contributed by atoms with Crippen LogP contribution >= 0.6 is 0 Å². The monoisotopic (exact) mass is 296 g/mol. The van der Waals surface area contributed by atoms with E-state index in [1.807, 2.05) is 0 Å². The first-order valence-corrected chi connectivity index (χ1v) is 5.81. The van der Waals surface area contributed by atoms with Gasteiger partial charge in [0.05, 0.1) is 28.7 Å². The van der Waals surface area contributed by atoms with Crippen molar-refractivity contribution in [1.29, 1.82) is 0 Å². The second kappa shape index (κ2) is 5.80. The van der Waals surface area contributed by atoms with Crippen molar-refractivity contribution in [1.82, 2.24) is 4.98 Å². The van der Waals surface area contributed by atoms with E-state index >= 15 is 0 Å². The lowest BCUT2D eigenvalue weighted by molar-refractivity contribution is -0.137. The largest absolute Gasteiger partial charge is 0.416 e. The smallest absolute Gasteiger partial charge is 0.323 e. The maximum atomic E-state index is 12.7. The quantitative estimate of drug-likeness (QED) is 0.601. The Hall–Kier alpha value is -2.61. The minimum atomic E-state index is -4.55. The Balaban J connectivity index is 2.34. The number of pyridine rings is 1. The summed E-state index contributed by atoms with van der Waals surface area (Å²) in [6.45, 7) is 0. The third kappa shape index (κ3) is 3.48. The average molecular weight is 296 g/mol. The van der Waals surface area contributed by atoms with Crippen LogP contribution in [0.15, 0.2) is 42.7 Å². The van der Waals surface area contributed by atoms with Crippen LogP contribution in [0.5, 0.6) is 0 Å². The molecule has 1 amide bonds. The molecule has 0 aliphatic rings. The fourth-order valence-corrected chi connectivity index (χ4v) is 1.67. The van der Waals surface area contributed by atoms with Gasteiger partial charge in [-0.05, 0) is 30.3 Å². The van der Waals surface area contributed by atoms with E-state index in [-0.39, 0.29) is 11.3 Å². The van der Waals surface area contributed by atoms with Gasteiger partial charge >= 0.3 is 6.18 Å². The molecule has 0 saturated carbocycles. The molecule has 1 aromatic heterocycles. The van der Waals surface area contributed by atoms with E-state index in [0.717, 1.165) is 18.2 Å². The fourth-order valence-electron chi connectivity index (χ4n) is 1.67. The van der Waals surface area contributed by atoms with Crippen molar-refractivity contribution in [2.75, 3.05) is 10.7 Å². The van der Waals surface area contributed by atoms with Crippen molar-refractivity contribution in [2.45, 2.75) is 6.18 Å². The molecule has 0 unspecified atom stereocenters. The van der Waals surface area contributed by atoms with Crippen molar-refractivity contribution in [3.63, 3.8) is 0 Å². The van der Waals surface area contributed by atoms with Gasteiger partial charge in [-0.15, -0.1) is 0 Å². The highest BCUT2D eigenvalue weighted by molar-refractivity contribution is 6.08. The van der Waals surface area contributed by atoms with Gasteiger partial charge < -0.3 is 10.7 Å². The minimum absolute atomic E-state index is 0.0874. The predicted molar refractivity (Wildman–Crippen MR) is 71.4 cm³/mol. The second-order valence-electron chi connectivity index (χ2n) is 4.10. The highest BCUT2D eigenvalue weighted by Crippen LogP contribution is 2.31. The minimum Gasteiger partial charge on any atom is -0.323 e. The molecule has 1 heterocycles. The van der Waals surface area contributed by atoms with Crippen molar-refractivity contribution in [3.05, 3.63) is 53.9 Å². The number of hydrogen-bond donors (Lipinski definition) is 3. The molecular formula is C13H11F3N4O. The first-order chi connectivity index (χ1) is 9.91. The Morgan fingerprint density at radius 2 is 2.00 bits per heavy atom. The van der Waals surface area contributed by atoms with Gasteiger partial charge in [0.2, 0.25) is 0 Å². The van der Waals surface area contributed by atoms with Gasteiger partial charge in [-0.2, -0.15) is 13.2 Å². The van der Waals surface area contributed by atoms with Crippen LogP contribution in [0.4, 0.5) is 24.5 Å². The summed E-state index contributed by atoms with van der Waals surface area (Å²) in [5.41, 5.74) is 1.50.